The van der Waals surface area contributed by atoms with E-state index in [1.54, 1.807) is 6.92 Å². The van der Waals surface area contributed by atoms with E-state index in [-0.39, 0.29) is 6.54 Å². The Morgan fingerprint density at radius 2 is 2.04 bits per heavy atom. The highest BCUT2D eigenvalue weighted by Gasteiger charge is 2.27. The molecule has 0 bridgehead atoms. The summed E-state index contributed by atoms with van der Waals surface area (Å²) in [5.74, 6) is 2.29. The predicted molar refractivity (Wildman–Crippen MR) is 110 cm³/mol. The number of nitrogens with zero attached hydrogens (tertiary/aromatic N) is 3. The van der Waals surface area contributed by atoms with Gasteiger partial charge >= 0.3 is 0 Å². The minimum absolute atomic E-state index is 0.274. The third-order valence-corrected chi connectivity index (χ3v) is 5.04. The van der Waals surface area contributed by atoms with Crippen LogP contribution in [-0.4, -0.2) is 80.3 Å². The first kappa shape index (κ1) is 21.7. The summed E-state index contributed by atoms with van der Waals surface area (Å²) < 4.78 is 5.56. The topological polar surface area (TPSA) is 76.3 Å². The molecule has 2 heterocycles. The first-order valence-electron chi connectivity index (χ1n) is 10.0. The van der Waals surface area contributed by atoms with Crippen LogP contribution in [0, 0.1) is 13.8 Å². The summed E-state index contributed by atoms with van der Waals surface area (Å²) in [5, 5.41) is 17.5. The van der Waals surface area contributed by atoms with Gasteiger partial charge in [-0.25, -0.2) is 4.99 Å². The number of hydrogen-bond acceptors (Lipinski definition) is 5. The molecule has 0 spiro atoms. The van der Waals surface area contributed by atoms with Crippen molar-refractivity contribution in [1.82, 2.24) is 20.4 Å². The van der Waals surface area contributed by atoms with E-state index < -0.39 is 5.60 Å². The highest BCUT2D eigenvalue weighted by atomic mass is 16.3. The Balaban J connectivity index is 1.88. The van der Waals surface area contributed by atoms with Crippen molar-refractivity contribution in [2.75, 3.05) is 59.4 Å². The van der Waals surface area contributed by atoms with Crippen molar-refractivity contribution >= 4 is 5.96 Å². The minimum atomic E-state index is -1.06. The number of aliphatic imine (C=N–C) groups is 1. The fourth-order valence-electron chi connectivity index (χ4n) is 3.48. The van der Waals surface area contributed by atoms with Crippen molar-refractivity contribution in [3.8, 4) is 0 Å². The lowest BCUT2D eigenvalue weighted by Gasteiger charge is -2.23. The van der Waals surface area contributed by atoms with Crippen molar-refractivity contribution in [3.63, 3.8) is 0 Å². The third kappa shape index (κ3) is 6.83. The molecule has 1 saturated heterocycles. The van der Waals surface area contributed by atoms with E-state index in [4.69, 9.17) is 4.42 Å². The largest absolute Gasteiger partial charge is 0.466 e. The summed E-state index contributed by atoms with van der Waals surface area (Å²) in [6.45, 7) is 15.0. The average Bonchev–Trinajstić information content (AvgIpc) is 2.82. The van der Waals surface area contributed by atoms with E-state index in [1.807, 2.05) is 26.8 Å². The second kappa shape index (κ2) is 10.1. The zero-order valence-electron chi connectivity index (χ0n) is 17.6. The molecule has 0 aromatic carbocycles. The maximum absolute atomic E-state index is 10.8. The number of hydrogen-bond donors (Lipinski definition) is 3. The lowest BCUT2D eigenvalue weighted by molar-refractivity contribution is 0.0657. The molecule has 0 saturated carbocycles. The Morgan fingerprint density at radius 3 is 2.70 bits per heavy atom. The van der Waals surface area contributed by atoms with E-state index in [9.17, 15) is 5.11 Å². The molecule has 1 aliphatic heterocycles. The van der Waals surface area contributed by atoms with Crippen molar-refractivity contribution in [3.05, 3.63) is 23.2 Å². The monoisotopic (exact) mass is 379 g/mol. The van der Waals surface area contributed by atoms with Crippen molar-refractivity contribution < 1.29 is 9.52 Å². The number of nitrogens with one attached hydrogen (secondary N) is 2. The Bertz CT molecular complexity index is 612. The molecule has 0 aliphatic carbocycles. The lowest BCUT2D eigenvalue weighted by Crippen LogP contribution is -2.43. The molecular weight excluding hydrogens is 342 g/mol. The Labute approximate surface area is 163 Å². The second-order valence-electron chi connectivity index (χ2n) is 7.72. The lowest BCUT2D eigenvalue weighted by atomic mass is 9.96. The van der Waals surface area contributed by atoms with Crippen LogP contribution in [0.1, 0.15) is 37.4 Å². The van der Waals surface area contributed by atoms with Gasteiger partial charge in [-0.15, -0.1) is 0 Å². The Hall–Kier alpha value is -1.57. The van der Waals surface area contributed by atoms with Gasteiger partial charge in [0.25, 0.3) is 0 Å². The number of guanidine groups is 1. The Kier molecular flexibility index (Phi) is 8.13. The van der Waals surface area contributed by atoms with Gasteiger partial charge < -0.3 is 30.0 Å². The average molecular weight is 380 g/mol. The van der Waals surface area contributed by atoms with Crippen molar-refractivity contribution in [2.24, 2.45) is 4.99 Å². The van der Waals surface area contributed by atoms with Crippen LogP contribution in [0.5, 0.6) is 0 Å². The first-order chi connectivity index (χ1) is 12.8. The Morgan fingerprint density at radius 1 is 1.26 bits per heavy atom. The van der Waals surface area contributed by atoms with Crippen molar-refractivity contribution in [1.29, 1.82) is 0 Å². The fraction of sp³-hybridized carbons (Fsp3) is 0.750. The van der Waals surface area contributed by atoms with Crippen LogP contribution in [0.25, 0.3) is 0 Å². The summed E-state index contributed by atoms with van der Waals surface area (Å²) in [6.07, 6.45) is 1.22. The van der Waals surface area contributed by atoms with E-state index in [0.717, 1.165) is 62.3 Å². The molecule has 1 atom stereocenters. The third-order valence-electron chi connectivity index (χ3n) is 5.04. The highest BCUT2D eigenvalue weighted by molar-refractivity contribution is 5.79. The SMILES string of the molecule is CCNC(=NCC(C)(O)c1cc(C)oc1C)NCCN1CCCN(C)CC1. The molecule has 1 aliphatic rings. The molecule has 3 N–H and O–H groups in total. The number of aliphatic hydroxyl groups is 1. The number of likely N-dealkylation sites (N-methyl/N-ethyl adjacent to an activating group) is 1. The highest BCUT2D eigenvalue weighted by Crippen LogP contribution is 2.27. The van der Waals surface area contributed by atoms with Crippen LogP contribution < -0.4 is 10.6 Å². The summed E-state index contributed by atoms with van der Waals surface area (Å²) in [5.41, 5.74) is -0.257. The molecular formula is C20H37N5O2. The molecule has 7 nitrogen and oxygen atoms in total. The number of furan rings is 1. The van der Waals surface area contributed by atoms with Gasteiger partial charge in [-0.05, 0) is 60.3 Å². The normalized spacial score (nSPS) is 19.6. The first-order valence-corrected chi connectivity index (χ1v) is 10.0. The smallest absolute Gasteiger partial charge is 0.191 e. The zero-order valence-corrected chi connectivity index (χ0v) is 17.6. The van der Waals surface area contributed by atoms with Gasteiger partial charge in [0.05, 0.1) is 6.54 Å². The van der Waals surface area contributed by atoms with Gasteiger partial charge in [0.15, 0.2) is 5.96 Å². The maximum atomic E-state index is 10.8. The van der Waals surface area contributed by atoms with Crippen LogP contribution in [0.4, 0.5) is 0 Å². The minimum Gasteiger partial charge on any atom is -0.466 e. The van der Waals surface area contributed by atoms with E-state index in [2.05, 4.69) is 32.5 Å². The molecule has 1 unspecified atom stereocenters. The molecule has 0 amide bonds. The summed E-state index contributed by atoms with van der Waals surface area (Å²) in [7, 11) is 2.19. The van der Waals surface area contributed by atoms with Crippen LogP contribution >= 0.6 is 0 Å². The molecule has 1 fully saturated rings. The molecule has 27 heavy (non-hydrogen) atoms. The number of rotatable bonds is 7. The summed E-state index contributed by atoms with van der Waals surface area (Å²) in [4.78, 5) is 9.48. The molecule has 7 heteroatoms. The van der Waals surface area contributed by atoms with E-state index in [0.29, 0.717) is 0 Å². The second-order valence-corrected chi connectivity index (χ2v) is 7.72. The van der Waals surface area contributed by atoms with Crippen molar-refractivity contribution in [2.45, 2.75) is 39.7 Å². The molecule has 1 aromatic rings. The molecule has 154 valence electrons. The van der Waals surface area contributed by atoms with Gasteiger partial charge in [0.2, 0.25) is 0 Å². The predicted octanol–water partition coefficient (Wildman–Crippen LogP) is 1.30. The summed E-state index contributed by atoms with van der Waals surface area (Å²) >= 11 is 0. The van der Waals surface area contributed by atoms with E-state index >= 15 is 0 Å². The van der Waals surface area contributed by atoms with E-state index in [1.165, 1.54) is 13.0 Å². The van der Waals surface area contributed by atoms with Crippen LogP contribution in [-0.2, 0) is 5.60 Å². The van der Waals surface area contributed by atoms with Gasteiger partial charge in [-0.2, -0.15) is 0 Å². The standard InChI is InChI=1S/C20H37N5O2/c1-6-21-19(22-8-11-25-10-7-9-24(5)12-13-25)23-15-20(4,26)18-14-16(2)27-17(18)3/h14,26H,6-13,15H2,1-5H3,(H2,21,22,23). The van der Waals surface area contributed by atoms with Crippen LogP contribution in [0.15, 0.2) is 15.5 Å². The molecule has 1 aromatic heterocycles. The quantitative estimate of drug-likeness (QED) is 0.490. The van der Waals surface area contributed by atoms with Gasteiger partial charge in [-0.1, -0.05) is 0 Å². The van der Waals surface area contributed by atoms with Crippen LogP contribution in [0.2, 0.25) is 0 Å². The molecule has 2 rings (SSSR count). The van der Waals surface area contributed by atoms with Gasteiger partial charge in [-0.3, -0.25) is 0 Å². The maximum Gasteiger partial charge on any atom is 0.191 e. The van der Waals surface area contributed by atoms with Gasteiger partial charge in [0.1, 0.15) is 17.1 Å². The number of aryl methyl sites for hydroxylation is 2. The fourth-order valence-corrected chi connectivity index (χ4v) is 3.48. The molecule has 0 radical (unpaired) electrons. The van der Waals surface area contributed by atoms with Gasteiger partial charge in [0, 0.05) is 38.3 Å². The zero-order chi connectivity index (χ0) is 19.9. The summed E-state index contributed by atoms with van der Waals surface area (Å²) in [6, 6.07) is 1.89. The van der Waals surface area contributed by atoms with Crippen LogP contribution in [0.3, 0.4) is 0 Å².